The molecular formula is C12H8Br2N2O3. The van der Waals surface area contributed by atoms with Gasteiger partial charge in [-0.2, -0.15) is 0 Å². The molecule has 0 aliphatic heterocycles. The molecule has 0 bridgehead atoms. The number of pyridine rings is 1. The molecule has 0 amide bonds. The van der Waals surface area contributed by atoms with Gasteiger partial charge in [-0.05, 0) is 33.6 Å². The number of benzene rings is 1. The van der Waals surface area contributed by atoms with Crippen molar-refractivity contribution in [2.75, 3.05) is 0 Å². The number of aromatic nitrogens is 1. The maximum absolute atomic E-state index is 11.7. The number of rotatable bonds is 3. The van der Waals surface area contributed by atoms with Crippen LogP contribution in [0.1, 0.15) is 5.56 Å². The van der Waals surface area contributed by atoms with E-state index in [1.165, 1.54) is 22.8 Å². The van der Waals surface area contributed by atoms with Crippen molar-refractivity contribution in [3.63, 3.8) is 0 Å². The van der Waals surface area contributed by atoms with Crippen molar-refractivity contribution in [2.45, 2.75) is 6.54 Å². The summed E-state index contributed by atoms with van der Waals surface area (Å²) in [6.07, 6.45) is 1.68. The van der Waals surface area contributed by atoms with Gasteiger partial charge in [-0.25, -0.2) is 0 Å². The van der Waals surface area contributed by atoms with E-state index in [0.29, 0.717) is 11.0 Å². The fourth-order valence-corrected chi connectivity index (χ4v) is 2.46. The molecular weight excluding hydrogens is 380 g/mol. The molecule has 2 aromatic rings. The first-order valence-electron chi connectivity index (χ1n) is 5.26. The Morgan fingerprint density at radius 2 is 1.95 bits per heavy atom. The number of hydrogen-bond acceptors (Lipinski definition) is 3. The number of non-ortho nitro benzene ring substituents is 1. The second-order valence-corrected chi connectivity index (χ2v) is 5.62. The minimum Gasteiger partial charge on any atom is -0.310 e. The topological polar surface area (TPSA) is 65.1 Å². The minimum absolute atomic E-state index is 0.0113. The molecule has 0 saturated heterocycles. The highest BCUT2D eigenvalue weighted by atomic mass is 79.9. The molecule has 0 aliphatic carbocycles. The SMILES string of the molecule is O=c1ccc(Br)cn1Cc1ccc([N+](=O)[O-])cc1Br. The van der Waals surface area contributed by atoms with Crippen LogP contribution in [0.25, 0.3) is 0 Å². The van der Waals surface area contributed by atoms with Crippen LogP contribution in [-0.2, 0) is 6.54 Å². The van der Waals surface area contributed by atoms with Gasteiger partial charge in [0.2, 0.25) is 0 Å². The van der Waals surface area contributed by atoms with Gasteiger partial charge < -0.3 is 4.57 Å². The van der Waals surface area contributed by atoms with Crippen LogP contribution in [0.15, 0.2) is 50.3 Å². The van der Waals surface area contributed by atoms with E-state index in [2.05, 4.69) is 31.9 Å². The Morgan fingerprint density at radius 1 is 1.21 bits per heavy atom. The molecule has 5 nitrogen and oxygen atoms in total. The van der Waals surface area contributed by atoms with Crippen LogP contribution in [0.4, 0.5) is 5.69 Å². The molecule has 98 valence electrons. The van der Waals surface area contributed by atoms with E-state index in [0.717, 1.165) is 10.0 Å². The number of hydrogen-bond donors (Lipinski definition) is 0. The first-order valence-corrected chi connectivity index (χ1v) is 6.85. The predicted octanol–water partition coefficient (Wildman–Crippen LogP) is 3.33. The molecule has 1 aromatic carbocycles. The second kappa shape index (κ2) is 5.66. The third-order valence-electron chi connectivity index (χ3n) is 2.54. The maximum Gasteiger partial charge on any atom is 0.270 e. The standard InChI is InChI=1S/C12H8Br2N2O3/c13-9-2-4-12(17)15(7-9)6-8-1-3-10(16(18)19)5-11(8)14/h1-5,7H,6H2. The summed E-state index contributed by atoms with van der Waals surface area (Å²) in [6.45, 7) is 0.344. The van der Waals surface area contributed by atoms with Crippen molar-refractivity contribution < 1.29 is 4.92 Å². The molecule has 0 radical (unpaired) electrons. The lowest BCUT2D eigenvalue weighted by Crippen LogP contribution is -2.18. The summed E-state index contributed by atoms with van der Waals surface area (Å²) in [5, 5.41) is 10.6. The van der Waals surface area contributed by atoms with Crippen LogP contribution in [-0.4, -0.2) is 9.49 Å². The highest BCUT2D eigenvalue weighted by Gasteiger charge is 2.09. The number of halogens is 2. The predicted molar refractivity (Wildman–Crippen MR) is 78.3 cm³/mol. The summed E-state index contributed by atoms with van der Waals surface area (Å²) in [5.41, 5.74) is 0.677. The molecule has 0 fully saturated rings. The van der Waals surface area contributed by atoms with Gasteiger partial charge in [-0.1, -0.05) is 15.9 Å². The van der Waals surface area contributed by atoms with Gasteiger partial charge in [0.25, 0.3) is 11.2 Å². The van der Waals surface area contributed by atoms with E-state index in [1.54, 1.807) is 18.3 Å². The first-order chi connectivity index (χ1) is 8.97. The van der Waals surface area contributed by atoms with Gasteiger partial charge in [0, 0.05) is 33.3 Å². The fourth-order valence-electron chi connectivity index (χ4n) is 1.59. The van der Waals surface area contributed by atoms with E-state index in [4.69, 9.17) is 0 Å². The smallest absolute Gasteiger partial charge is 0.270 e. The van der Waals surface area contributed by atoms with Gasteiger partial charge in [-0.15, -0.1) is 0 Å². The zero-order chi connectivity index (χ0) is 14.0. The zero-order valence-corrected chi connectivity index (χ0v) is 12.7. The Kier molecular flexibility index (Phi) is 4.16. The van der Waals surface area contributed by atoms with Crippen molar-refractivity contribution in [1.82, 2.24) is 4.57 Å². The molecule has 0 unspecified atom stereocenters. The summed E-state index contributed by atoms with van der Waals surface area (Å²) in [4.78, 5) is 21.9. The lowest BCUT2D eigenvalue weighted by Gasteiger charge is -2.08. The summed E-state index contributed by atoms with van der Waals surface area (Å²) in [5.74, 6) is 0. The zero-order valence-electron chi connectivity index (χ0n) is 9.55. The molecule has 1 heterocycles. The quantitative estimate of drug-likeness (QED) is 0.599. The third kappa shape index (κ3) is 3.30. The number of nitrogens with zero attached hydrogens (tertiary/aromatic N) is 2. The summed E-state index contributed by atoms with van der Waals surface area (Å²) >= 11 is 6.58. The van der Waals surface area contributed by atoms with E-state index in [-0.39, 0.29) is 11.2 Å². The molecule has 0 atom stereocenters. The molecule has 0 spiro atoms. The number of nitro benzene ring substituents is 1. The Hall–Kier alpha value is -1.47. The van der Waals surface area contributed by atoms with E-state index in [1.807, 2.05) is 0 Å². The second-order valence-electron chi connectivity index (χ2n) is 3.85. The van der Waals surface area contributed by atoms with Crippen LogP contribution in [0.5, 0.6) is 0 Å². The van der Waals surface area contributed by atoms with E-state index < -0.39 is 4.92 Å². The maximum atomic E-state index is 11.7. The van der Waals surface area contributed by atoms with Crippen LogP contribution in [0, 0.1) is 10.1 Å². The molecule has 0 saturated carbocycles. The average Bonchev–Trinajstić information content (AvgIpc) is 2.36. The molecule has 2 rings (SSSR count). The van der Waals surface area contributed by atoms with Gasteiger partial charge in [0.15, 0.2) is 0 Å². The Labute approximate surface area is 125 Å². The van der Waals surface area contributed by atoms with E-state index >= 15 is 0 Å². The lowest BCUT2D eigenvalue weighted by molar-refractivity contribution is -0.384. The van der Waals surface area contributed by atoms with Gasteiger partial charge in [-0.3, -0.25) is 14.9 Å². The van der Waals surface area contributed by atoms with Crippen LogP contribution < -0.4 is 5.56 Å². The highest BCUT2D eigenvalue weighted by molar-refractivity contribution is 9.10. The van der Waals surface area contributed by atoms with Crippen LogP contribution in [0.2, 0.25) is 0 Å². The molecule has 0 N–H and O–H groups in total. The summed E-state index contributed by atoms with van der Waals surface area (Å²) in [6, 6.07) is 7.62. The normalized spacial score (nSPS) is 10.4. The van der Waals surface area contributed by atoms with Crippen molar-refractivity contribution in [2.24, 2.45) is 0 Å². The van der Waals surface area contributed by atoms with Crippen LogP contribution >= 0.6 is 31.9 Å². The van der Waals surface area contributed by atoms with Gasteiger partial charge in [0.1, 0.15) is 0 Å². The fraction of sp³-hybridized carbons (Fsp3) is 0.0833. The monoisotopic (exact) mass is 386 g/mol. The summed E-state index contributed by atoms with van der Waals surface area (Å²) < 4.78 is 2.93. The minimum atomic E-state index is -0.459. The Balaban J connectivity index is 2.36. The molecule has 19 heavy (non-hydrogen) atoms. The van der Waals surface area contributed by atoms with Crippen LogP contribution in [0.3, 0.4) is 0 Å². The average molecular weight is 388 g/mol. The summed E-state index contributed by atoms with van der Waals surface area (Å²) in [7, 11) is 0. The number of nitro groups is 1. The Morgan fingerprint density at radius 3 is 2.58 bits per heavy atom. The van der Waals surface area contributed by atoms with Crippen molar-refractivity contribution >= 4 is 37.5 Å². The molecule has 0 aliphatic rings. The van der Waals surface area contributed by atoms with E-state index in [9.17, 15) is 14.9 Å². The lowest BCUT2D eigenvalue weighted by atomic mass is 10.2. The van der Waals surface area contributed by atoms with Crippen molar-refractivity contribution in [1.29, 1.82) is 0 Å². The largest absolute Gasteiger partial charge is 0.310 e. The Bertz CT molecular complexity index is 698. The third-order valence-corrected chi connectivity index (χ3v) is 3.74. The van der Waals surface area contributed by atoms with Crippen molar-refractivity contribution in [3.8, 4) is 0 Å². The first kappa shape index (κ1) is 14.0. The highest BCUT2D eigenvalue weighted by Crippen LogP contribution is 2.23. The van der Waals surface area contributed by atoms with Gasteiger partial charge in [0.05, 0.1) is 11.5 Å². The molecule has 1 aromatic heterocycles. The van der Waals surface area contributed by atoms with Crippen molar-refractivity contribution in [3.05, 3.63) is 71.5 Å². The molecule has 7 heteroatoms. The van der Waals surface area contributed by atoms with Gasteiger partial charge >= 0.3 is 0 Å².